The maximum atomic E-state index is 11.8. The molecule has 2 aliphatic rings. The van der Waals surface area contributed by atoms with Crippen LogP contribution in [-0.2, 0) is 28.6 Å². The minimum atomic E-state index is -1.34. The first-order valence-corrected chi connectivity index (χ1v) is 9.68. The first kappa shape index (κ1) is 21.8. The third kappa shape index (κ3) is 8.04. The van der Waals surface area contributed by atoms with Gasteiger partial charge in [-0.2, -0.15) is 0 Å². The van der Waals surface area contributed by atoms with Crippen LogP contribution >= 0.6 is 0 Å². The van der Waals surface area contributed by atoms with Crippen LogP contribution in [0.4, 0.5) is 4.79 Å². The van der Waals surface area contributed by atoms with Gasteiger partial charge in [-0.1, -0.05) is 12.2 Å². The van der Waals surface area contributed by atoms with E-state index in [4.69, 9.17) is 14.2 Å². The number of hydrogen-bond donors (Lipinski definition) is 1. The van der Waals surface area contributed by atoms with Gasteiger partial charge in [0.05, 0.1) is 13.0 Å². The molecule has 0 spiro atoms. The Morgan fingerprint density at radius 2 is 1.75 bits per heavy atom. The minimum Gasteiger partial charge on any atom is -0.446 e. The summed E-state index contributed by atoms with van der Waals surface area (Å²) in [6.45, 7) is 0.874. The molecule has 0 aromatic rings. The summed E-state index contributed by atoms with van der Waals surface area (Å²) in [5, 5.41) is 2.69. The number of rotatable bonds is 9. The smallest absolute Gasteiger partial charge is 0.407 e. The topological polar surface area (TPSA) is 108 Å². The lowest BCUT2D eigenvalue weighted by Gasteiger charge is -2.18. The van der Waals surface area contributed by atoms with Crippen molar-refractivity contribution < 1.29 is 33.4 Å². The van der Waals surface area contributed by atoms with Crippen LogP contribution in [0, 0.1) is 0 Å². The molecule has 0 aromatic heterocycles. The summed E-state index contributed by atoms with van der Waals surface area (Å²) < 4.78 is 15.5. The van der Waals surface area contributed by atoms with Crippen LogP contribution in [0.25, 0.3) is 0 Å². The Labute approximate surface area is 164 Å². The molecule has 1 atom stereocenters. The van der Waals surface area contributed by atoms with E-state index in [9.17, 15) is 19.2 Å². The van der Waals surface area contributed by atoms with Crippen molar-refractivity contribution >= 4 is 23.6 Å². The second kappa shape index (κ2) is 12.1. The number of nitrogens with one attached hydrogen (secondary N) is 1. The van der Waals surface area contributed by atoms with Gasteiger partial charge >= 0.3 is 12.1 Å². The molecule has 0 bridgehead atoms. The molecule has 0 saturated carbocycles. The van der Waals surface area contributed by atoms with E-state index in [2.05, 4.69) is 17.5 Å². The predicted octanol–water partition coefficient (Wildman–Crippen LogP) is 2.02. The number of amides is 1. The molecule has 8 heteroatoms. The largest absolute Gasteiger partial charge is 0.446 e. The third-order valence-corrected chi connectivity index (χ3v) is 4.36. The summed E-state index contributed by atoms with van der Waals surface area (Å²) >= 11 is 0. The van der Waals surface area contributed by atoms with Crippen molar-refractivity contribution in [3.05, 3.63) is 24.3 Å². The Hall–Kier alpha value is -2.48. The van der Waals surface area contributed by atoms with E-state index in [0.717, 1.165) is 44.3 Å². The first-order valence-electron chi connectivity index (χ1n) is 9.68. The Morgan fingerprint density at radius 3 is 2.54 bits per heavy atom. The quantitative estimate of drug-likeness (QED) is 0.276. The van der Waals surface area contributed by atoms with E-state index in [1.54, 1.807) is 0 Å². The van der Waals surface area contributed by atoms with Crippen LogP contribution in [0.1, 0.15) is 44.9 Å². The fourth-order valence-electron chi connectivity index (χ4n) is 2.84. The Kier molecular flexibility index (Phi) is 9.41. The number of alkyl carbamates (subject to hydrolysis) is 1. The highest BCUT2D eigenvalue weighted by Gasteiger charge is 2.31. The molecule has 0 heterocycles. The zero-order chi connectivity index (χ0) is 20.2. The summed E-state index contributed by atoms with van der Waals surface area (Å²) in [5.41, 5.74) is 0. The zero-order valence-electron chi connectivity index (χ0n) is 15.9. The average molecular weight is 393 g/mol. The number of carbonyl (C=O) groups is 4. The van der Waals surface area contributed by atoms with Gasteiger partial charge in [0.15, 0.2) is 0 Å². The molecule has 154 valence electrons. The molecular formula is C20H27NO7. The summed E-state index contributed by atoms with van der Waals surface area (Å²) in [6.07, 6.45) is 9.91. The van der Waals surface area contributed by atoms with Gasteiger partial charge in [-0.3, -0.25) is 14.4 Å². The van der Waals surface area contributed by atoms with Gasteiger partial charge in [-0.25, -0.2) is 4.79 Å². The fourth-order valence-corrected chi connectivity index (χ4v) is 2.84. The molecule has 0 aliphatic heterocycles. The summed E-state index contributed by atoms with van der Waals surface area (Å²) in [4.78, 5) is 46.0. The van der Waals surface area contributed by atoms with Gasteiger partial charge in [0.25, 0.3) is 0 Å². The van der Waals surface area contributed by atoms with Crippen LogP contribution in [0.5, 0.6) is 0 Å². The summed E-state index contributed by atoms with van der Waals surface area (Å²) in [6, 6.07) is 0. The molecule has 28 heavy (non-hydrogen) atoms. The van der Waals surface area contributed by atoms with Crippen LogP contribution in [0.2, 0.25) is 0 Å². The Morgan fingerprint density at radius 1 is 1.00 bits per heavy atom. The van der Waals surface area contributed by atoms with Crippen molar-refractivity contribution in [1.82, 2.24) is 5.32 Å². The highest BCUT2D eigenvalue weighted by atomic mass is 16.6. The van der Waals surface area contributed by atoms with Crippen molar-refractivity contribution in [3.8, 4) is 0 Å². The highest BCUT2D eigenvalue weighted by molar-refractivity contribution is 6.21. The number of esters is 1. The first-order chi connectivity index (χ1) is 13.6. The highest BCUT2D eigenvalue weighted by Crippen LogP contribution is 2.15. The fraction of sp³-hybridized carbons (Fsp3) is 0.600. The normalized spacial score (nSPS) is 21.1. The van der Waals surface area contributed by atoms with Crippen LogP contribution in [-0.4, -0.2) is 55.6 Å². The van der Waals surface area contributed by atoms with E-state index in [1.807, 2.05) is 0 Å². The number of ketones is 2. The maximum Gasteiger partial charge on any atom is 0.407 e. The van der Waals surface area contributed by atoms with E-state index >= 15 is 0 Å². The second-order valence-corrected chi connectivity index (χ2v) is 6.66. The molecule has 0 unspecified atom stereocenters. The van der Waals surface area contributed by atoms with Gasteiger partial charge in [0.2, 0.25) is 17.7 Å². The van der Waals surface area contributed by atoms with Gasteiger partial charge in [0, 0.05) is 13.2 Å². The van der Waals surface area contributed by atoms with Gasteiger partial charge in [-0.05, 0) is 50.7 Å². The van der Waals surface area contributed by atoms with E-state index in [1.165, 1.54) is 0 Å². The Balaban J connectivity index is 1.46. The van der Waals surface area contributed by atoms with Crippen LogP contribution in [0.15, 0.2) is 24.3 Å². The monoisotopic (exact) mass is 393 g/mol. The second-order valence-electron chi connectivity index (χ2n) is 6.66. The molecule has 1 amide bonds. The number of ether oxygens (including phenoxy) is 3. The number of carbonyl (C=O) groups excluding carboxylic acids is 4. The van der Waals surface area contributed by atoms with E-state index < -0.39 is 29.7 Å². The minimum absolute atomic E-state index is 0.0407. The van der Waals surface area contributed by atoms with Crippen LogP contribution in [0.3, 0.4) is 0 Å². The van der Waals surface area contributed by atoms with E-state index in [-0.39, 0.29) is 19.1 Å². The van der Waals surface area contributed by atoms with Gasteiger partial charge in [-0.15, -0.1) is 0 Å². The molecule has 0 fully saturated rings. The summed E-state index contributed by atoms with van der Waals surface area (Å²) in [5.74, 6) is -1.70. The van der Waals surface area contributed by atoms with Crippen molar-refractivity contribution in [2.24, 2.45) is 0 Å². The third-order valence-electron chi connectivity index (χ3n) is 4.36. The lowest BCUT2D eigenvalue weighted by molar-refractivity contribution is -0.157. The lowest BCUT2D eigenvalue weighted by Crippen LogP contribution is -2.30. The molecule has 0 saturated heterocycles. The van der Waals surface area contributed by atoms with Crippen molar-refractivity contribution in [2.45, 2.75) is 57.2 Å². The molecule has 8 nitrogen and oxygen atoms in total. The molecule has 1 N–H and O–H groups in total. The zero-order valence-corrected chi connectivity index (χ0v) is 15.9. The van der Waals surface area contributed by atoms with Crippen LogP contribution < -0.4 is 5.32 Å². The number of allylic oxidation sites excluding steroid dienone is 2. The molecule has 2 rings (SSSR count). The van der Waals surface area contributed by atoms with Crippen molar-refractivity contribution in [2.75, 3.05) is 19.8 Å². The van der Waals surface area contributed by atoms with Crippen molar-refractivity contribution in [3.63, 3.8) is 0 Å². The molecular weight excluding hydrogens is 366 g/mol. The van der Waals surface area contributed by atoms with E-state index in [0.29, 0.717) is 19.6 Å². The van der Waals surface area contributed by atoms with Crippen molar-refractivity contribution in [1.29, 1.82) is 0 Å². The maximum absolute atomic E-state index is 11.8. The number of hydrogen-bond acceptors (Lipinski definition) is 7. The van der Waals surface area contributed by atoms with Gasteiger partial charge in [0.1, 0.15) is 6.10 Å². The predicted molar refractivity (Wildman–Crippen MR) is 99.6 cm³/mol. The van der Waals surface area contributed by atoms with Gasteiger partial charge < -0.3 is 19.5 Å². The molecule has 2 aliphatic carbocycles. The average Bonchev–Trinajstić information content (AvgIpc) is 2.95. The standard InChI is InChI=1S/C20H27NO7/c22-16-9-10-17(23)19(16)28-18(24)11-14-26-13-6-12-21-20(25)27-15-7-4-2-1-3-5-8-15/h1-2,9-10,15,19H,3-8,11-14H2,(H,21,25)/b2-1+/t15-/m1/s1. The SMILES string of the molecule is O=C(CCOCCCNC(=O)O[C@@H]1CC/C=C/CCC1)OC1C(=O)C=CC1=O. The molecule has 0 radical (unpaired) electrons. The molecule has 0 aromatic carbocycles. The Bertz CT molecular complexity index is 608. The lowest BCUT2D eigenvalue weighted by atomic mass is 10.0. The summed E-state index contributed by atoms with van der Waals surface area (Å²) in [7, 11) is 0.